The van der Waals surface area contributed by atoms with Crippen LogP contribution in [0.1, 0.15) is 119 Å². The molecule has 1 spiro atoms. The van der Waals surface area contributed by atoms with E-state index in [0.29, 0.717) is 30.9 Å². The first-order valence-electron chi connectivity index (χ1n) is 15.1. The van der Waals surface area contributed by atoms with Crippen LogP contribution < -0.4 is 0 Å². The number of nitrogens with zero attached hydrogens (tertiary/aromatic N) is 1. The van der Waals surface area contributed by atoms with Crippen molar-refractivity contribution in [2.45, 2.75) is 114 Å². The Morgan fingerprint density at radius 3 is 2.36 bits per heavy atom. The van der Waals surface area contributed by atoms with E-state index in [4.69, 9.17) is 8.37 Å². The van der Waals surface area contributed by atoms with Crippen LogP contribution >= 0.6 is 10.6 Å². The predicted molar refractivity (Wildman–Crippen MR) is 155 cm³/mol. The Bertz CT molecular complexity index is 1130. The maximum atomic E-state index is 13.1. The third kappa shape index (κ3) is 6.51. The summed E-state index contributed by atoms with van der Waals surface area (Å²) < 4.78 is 12.4. The highest BCUT2D eigenvalue weighted by atomic mass is 32.3. The fourth-order valence-corrected chi connectivity index (χ4v) is 8.83. The Hall–Kier alpha value is -2.38. The van der Waals surface area contributed by atoms with Gasteiger partial charge in [0.05, 0.1) is 10.3 Å². The molecule has 0 aliphatic carbocycles. The number of carbonyl (C=O) groups is 3. The highest BCUT2D eigenvalue weighted by Gasteiger charge is 2.40. The normalized spacial score (nSPS) is 25.3. The largest absolute Gasteiger partial charge is 0.336 e. The summed E-state index contributed by atoms with van der Waals surface area (Å²) in [4.78, 5) is 42.5. The molecule has 0 saturated carbocycles. The van der Waals surface area contributed by atoms with E-state index in [0.717, 1.165) is 86.9 Å². The van der Waals surface area contributed by atoms with Gasteiger partial charge in [-0.1, -0.05) is 55.7 Å². The van der Waals surface area contributed by atoms with Crippen LogP contribution in [0.4, 0.5) is 0 Å². The molecule has 1 unspecified atom stereocenters. The molecule has 2 saturated heterocycles. The fraction of sp³-hybridized carbons (Fsp3) is 0.594. The summed E-state index contributed by atoms with van der Waals surface area (Å²) in [5.41, 5.74) is 3.70. The van der Waals surface area contributed by atoms with E-state index in [1.807, 2.05) is 30.5 Å². The molecular formula is C32H43NO5S. The molecule has 4 heterocycles. The molecule has 0 amide bonds. The van der Waals surface area contributed by atoms with Crippen LogP contribution in [-0.4, -0.2) is 41.8 Å². The van der Waals surface area contributed by atoms with Crippen LogP contribution in [0.2, 0.25) is 0 Å². The molecule has 1 aromatic carbocycles. The van der Waals surface area contributed by atoms with E-state index in [1.165, 1.54) is 24.8 Å². The molecule has 0 radical (unpaired) electrons. The SMILES string of the molecule is CCCC(=O)c1ccc2c(c1)C(C1=CCN3CCCCC3CC1)=CS21OC(=O)CCCCCCCCC(=O)O1. The lowest BCUT2D eigenvalue weighted by atomic mass is 9.92. The second-order valence-corrected chi connectivity index (χ2v) is 13.5. The minimum Gasteiger partial charge on any atom is -0.336 e. The van der Waals surface area contributed by atoms with Crippen molar-refractivity contribution in [1.29, 1.82) is 0 Å². The average Bonchev–Trinajstić information content (AvgIpc) is 3.07. The summed E-state index contributed by atoms with van der Waals surface area (Å²) >= 11 is 0. The van der Waals surface area contributed by atoms with Crippen molar-refractivity contribution >= 4 is 33.9 Å². The summed E-state index contributed by atoms with van der Waals surface area (Å²) in [5.74, 6) is -0.538. The van der Waals surface area contributed by atoms with Gasteiger partial charge in [0, 0.05) is 48.5 Å². The molecule has 1 atom stereocenters. The quantitative estimate of drug-likeness (QED) is 0.354. The molecule has 0 bridgehead atoms. The van der Waals surface area contributed by atoms with Crippen LogP contribution in [0.15, 0.2) is 40.2 Å². The van der Waals surface area contributed by atoms with Gasteiger partial charge in [-0.25, -0.2) is 0 Å². The molecular weight excluding hydrogens is 510 g/mol. The van der Waals surface area contributed by atoms with Gasteiger partial charge in [-0.05, 0) is 75.3 Å². The van der Waals surface area contributed by atoms with Crippen LogP contribution in [0.3, 0.4) is 0 Å². The molecule has 2 fully saturated rings. The number of benzene rings is 1. The number of hydrogen-bond donors (Lipinski definition) is 0. The highest BCUT2D eigenvalue weighted by molar-refractivity contribution is 8.29. The van der Waals surface area contributed by atoms with E-state index >= 15 is 0 Å². The zero-order valence-corrected chi connectivity index (χ0v) is 24.2. The van der Waals surface area contributed by atoms with Crippen LogP contribution in [0.5, 0.6) is 0 Å². The lowest BCUT2D eigenvalue weighted by Gasteiger charge is -2.36. The van der Waals surface area contributed by atoms with Crippen molar-refractivity contribution in [2.24, 2.45) is 0 Å². The molecule has 39 heavy (non-hydrogen) atoms. The third-order valence-corrected chi connectivity index (χ3v) is 10.9. The van der Waals surface area contributed by atoms with E-state index < -0.39 is 10.6 Å². The van der Waals surface area contributed by atoms with Crippen molar-refractivity contribution in [3.8, 4) is 0 Å². The molecule has 0 N–H and O–H groups in total. The zero-order chi connectivity index (χ0) is 27.2. The van der Waals surface area contributed by atoms with E-state index in [1.54, 1.807) is 0 Å². The number of carbonyl (C=O) groups excluding carboxylic acids is 3. The Kier molecular flexibility index (Phi) is 9.28. The van der Waals surface area contributed by atoms with Gasteiger partial charge in [-0.3, -0.25) is 19.3 Å². The first kappa shape index (κ1) is 28.2. The Labute approximate surface area is 234 Å². The lowest BCUT2D eigenvalue weighted by Crippen LogP contribution is -2.38. The maximum absolute atomic E-state index is 13.1. The first-order valence-corrected chi connectivity index (χ1v) is 16.6. The van der Waals surface area contributed by atoms with Gasteiger partial charge in [-0.15, -0.1) is 0 Å². The molecule has 212 valence electrons. The minimum absolute atomic E-state index is 0.103. The molecule has 1 aromatic rings. The van der Waals surface area contributed by atoms with Gasteiger partial charge in [-0.2, -0.15) is 0 Å². The van der Waals surface area contributed by atoms with E-state index in [9.17, 15) is 14.4 Å². The highest BCUT2D eigenvalue weighted by Crippen LogP contribution is 2.68. The summed E-state index contributed by atoms with van der Waals surface area (Å²) in [6.45, 7) is 4.03. The number of fused-ring (bicyclic) bond motifs is 3. The minimum atomic E-state index is -2.78. The van der Waals surface area contributed by atoms with Gasteiger partial charge >= 0.3 is 11.9 Å². The molecule has 4 aliphatic heterocycles. The standard InChI is InChI=1S/C32H43NO5S/c1-2-11-29(34)25-16-18-30-27(22-25)28(24-15-17-26-12-9-10-20-33(26)21-19-24)23-39(30)37-31(35)13-7-5-3-4-6-8-14-32(36)38-39/h16,18-19,22-23,26H,2-15,17,20-21H2,1H3. The molecule has 5 rings (SSSR count). The van der Waals surface area contributed by atoms with Crippen molar-refractivity contribution < 1.29 is 22.7 Å². The van der Waals surface area contributed by atoms with Crippen molar-refractivity contribution in [2.75, 3.05) is 13.1 Å². The van der Waals surface area contributed by atoms with Crippen molar-refractivity contribution in [3.63, 3.8) is 0 Å². The van der Waals surface area contributed by atoms with Crippen LogP contribution in [0, 0.1) is 0 Å². The second kappa shape index (κ2) is 12.9. The monoisotopic (exact) mass is 553 g/mol. The topological polar surface area (TPSA) is 72.9 Å². The maximum Gasteiger partial charge on any atom is 0.330 e. The van der Waals surface area contributed by atoms with Gasteiger partial charge in [0.2, 0.25) is 0 Å². The van der Waals surface area contributed by atoms with Gasteiger partial charge < -0.3 is 8.37 Å². The zero-order valence-electron chi connectivity index (χ0n) is 23.4. The van der Waals surface area contributed by atoms with Gasteiger partial charge in [0.1, 0.15) is 0 Å². The molecule has 4 aliphatic rings. The summed E-state index contributed by atoms with van der Waals surface area (Å²) in [6.07, 6.45) is 15.6. The number of piperidine rings is 1. The first-order chi connectivity index (χ1) is 19.0. The van der Waals surface area contributed by atoms with Crippen LogP contribution in [0.25, 0.3) is 5.57 Å². The molecule has 6 nitrogen and oxygen atoms in total. The van der Waals surface area contributed by atoms with Crippen molar-refractivity contribution in [3.05, 3.63) is 46.4 Å². The fourth-order valence-electron chi connectivity index (χ4n) is 6.35. The molecule has 0 aromatic heterocycles. The van der Waals surface area contributed by atoms with Crippen molar-refractivity contribution in [1.82, 2.24) is 4.90 Å². The smallest absolute Gasteiger partial charge is 0.330 e. The molecule has 7 heteroatoms. The number of rotatable bonds is 4. The van der Waals surface area contributed by atoms with E-state index in [-0.39, 0.29) is 17.7 Å². The summed E-state index contributed by atoms with van der Waals surface area (Å²) in [5, 5.41) is 1.94. The van der Waals surface area contributed by atoms with E-state index in [2.05, 4.69) is 11.0 Å². The Morgan fingerprint density at radius 2 is 1.64 bits per heavy atom. The summed E-state index contributed by atoms with van der Waals surface area (Å²) in [7, 11) is -2.78. The number of allylic oxidation sites excluding steroid dienone is 2. The Balaban J connectivity index is 1.56. The van der Waals surface area contributed by atoms with Gasteiger partial charge in [0.25, 0.3) is 0 Å². The lowest BCUT2D eigenvalue weighted by molar-refractivity contribution is -0.136. The second-order valence-electron chi connectivity index (χ2n) is 11.4. The average molecular weight is 554 g/mol. The number of ketones is 1. The summed E-state index contributed by atoms with van der Waals surface area (Å²) in [6, 6.07) is 6.22. The Morgan fingerprint density at radius 1 is 0.923 bits per heavy atom. The number of Topliss-reactive ketones (excluding diaryl/α,β-unsaturated/α-hetero) is 1. The van der Waals surface area contributed by atoms with Crippen LogP contribution in [-0.2, 0) is 18.0 Å². The van der Waals surface area contributed by atoms with Gasteiger partial charge in [0.15, 0.2) is 5.78 Å². The number of hydrogen-bond acceptors (Lipinski definition) is 6. The third-order valence-electron chi connectivity index (χ3n) is 8.51. The predicted octanol–water partition coefficient (Wildman–Crippen LogP) is 7.81.